The Hall–Kier alpha value is -1.69. The summed E-state index contributed by atoms with van der Waals surface area (Å²) in [5.74, 6) is 6.36. The van der Waals surface area contributed by atoms with Crippen LogP contribution in [0.25, 0.3) is 0 Å². The van der Waals surface area contributed by atoms with Crippen LogP contribution in [0.4, 0.5) is 0 Å². The van der Waals surface area contributed by atoms with E-state index < -0.39 is 0 Å². The largest absolute Gasteiger partial charge is 0.593 e. The molecule has 0 fully saturated rings. The zero-order valence-corrected chi connectivity index (χ0v) is 8.68. The fourth-order valence-electron chi connectivity index (χ4n) is 1.64. The van der Waals surface area contributed by atoms with Crippen LogP contribution < -0.4 is 11.3 Å². The van der Waals surface area contributed by atoms with Crippen LogP contribution in [-0.2, 0) is 0 Å². The van der Waals surface area contributed by atoms with Gasteiger partial charge in [0.2, 0.25) is 5.71 Å². The van der Waals surface area contributed by atoms with E-state index in [-0.39, 0.29) is 0 Å². The van der Waals surface area contributed by atoms with Crippen molar-refractivity contribution in [3.8, 4) is 0 Å². The zero-order valence-electron chi connectivity index (χ0n) is 8.68. The molecule has 0 amide bonds. The van der Waals surface area contributed by atoms with Gasteiger partial charge in [-0.05, 0) is 11.3 Å². The molecule has 2 aliphatic heterocycles. The standard InChI is InChI=1S/C9H15N5O/c1-8-7-9(11-14(10)13(8)15)12-5-3-2-4-6-12/h2-3,7,11H,4-6,10H2,1H3. The van der Waals surface area contributed by atoms with Crippen LogP contribution in [0.3, 0.4) is 0 Å². The van der Waals surface area contributed by atoms with E-state index in [2.05, 4.69) is 22.5 Å². The van der Waals surface area contributed by atoms with Crippen molar-refractivity contribution < 1.29 is 4.85 Å². The smallest absolute Gasteiger partial charge is 0.223 e. The third-order valence-corrected chi connectivity index (χ3v) is 2.47. The van der Waals surface area contributed by atoms with E-state index in [9.17, 15) is 5.21 Å². The topological polar surface area (TPSA) is 70.6 Å². The average molecular weight is 209 g/mol. The second kappa shape index (κ2) is 3.82. The summed E-state index contributed by atoms with van der Waals surface area (Å²) in [6, 6.07) is 0. The van der Waals surface area contributed by atoms with E-state index >= 15 is 0 Å². The highest BCUT2D eigenvalue weighted by Crippen LogP contribution is 2.10. The highest BCUT2D eigenvalue weighted by molar-refractivity contribution is 5.89. The van der Waals surface area contributed by atoms with Gasteiger partial charge in [0.15, 0.2) is 0 Å². The van der Waals surface area contributed by atoms with Crippen LogP contribution in [-0.4, -0.2) is 33.8 Å². The molecule has 6 heteroatoms. The number of rotatable bonds is 1. The summed E-state index contributed by atoms with van der Waals surface area (Å²) >= 11 is 0. The molecule has 0 bridgehead atoms. The Kier molecular flexibility index (Phi) is 2.51. The molecule has 15 heavy (non-hydrogen) atoms. The molecule has 0 aromatic heterocycles. The van der Waals surface area contributed by atoms with Crippen molar-refractivity contribution in [3.63, 3.8) is 0 Å². The fraction of sp³-hybridized carbons (Fsp3) is 0.444. The van der Waals surface area contributed by atoms with Gasteiger partial charge < -0.3 is 10.1 Å². The molecule has 0 atom stereocenters. The van der Waals surface area contributed by atoms with Crippen molar-refractivity contribution >= 4 is 5.71 Å². The third kappa shape index (κ3) is 1.89. The Bertz CT molecular complexity index is 346. The first kappa shape index (κ1) is 9.85. The molecular weight excluding hydrogens is 194 g/mol. The molecule has 2 aliphatic rings. The molecule has 2 rings (SSSR count). The van der Waals surface area contributed by atoms with Gasteiger partial charge in [0.1, 0.15) is 5.82 Å². The summed E-state index contributed by atoms with van der Waals surface area (Å²) in [5, 5.41) is 12.2. The van der Waals surface area contributed by atoms with Gasteiger partial charge in [-0.3, -0.25) is 0 Å². The summed E-state index contributed by atoms with van der Waals surface area (Å²) in [7, 11) is 0. The summed E-state index contributed by atoms with van der Waals surface area (Å²) < 4.78 is 0. The maximum absolute atomic E-state index is 11.3. The molecule has 0 saturated heterocycles. The predicted octanol–water partition coefficient (Wildman–Crippen LogP) is -0.330. The highest BCUT2D eigenvalue weighted by Gasteiger charge is 2.21. The number of nitrogens with one attached hydrogen (secondary N) is 1. The van der Waals surface area contributed by atoms with Gasteiger partial charge in [0, 0.05) is 25.2 Å². The number of hydrazone groups is 1. The van der Waals surface area contributed by atoms with E-state index in [0.29, 0.717) is 10.6 Å². The van der Waals surface area contributed by atoms with Crippen molar-refractivity contribution in [2.75, 3.05) is 13.1 Å². The van der Waals surface area contributed by atoms with Gasteiger partial charge in [-0.25, -0.2) is 5.43 Å². The molecule has 2 heterocycles. The Morgan fingerprint density at radius 1 is 1.53 bits per heavy atom. The average Bonchev–Trinajstić information content (AvgIpc) is 2.26. The fourth-order valence-corrected chi connectivity index (χ4v) is 1.64. The first-order chi connectivity index (χ1) is 7.18. The van der Waals surface area contributed by atoms with E-state index in [4.69, 9.17) is 5.84 Å². The van der Waals surface area contributed by atoms with E-state index in [1.807, 2.05) is 0 Å². The molecule has 0 spiro atoms. The maximum atomic E-state index is 11.3. The van der Waals surface area contributed by atoms with Gasteiger partial charge in [-0.1, -0.05) is 12.2 Å². The Morgan fingerprint density at radius 3 is 2.93 bits per heavy atom. The molecule has 0 unspecified atom stereocenters. The second-order valence-corrected chi connectivity index (χ2v) is 3.61. The van der Waals surface area contributed by atoms with Gasteiger partial charge in [-0.2, -0.15) is 5.84 Å². The van der Waals surface area contributed by atoms with Crippen LogP contribution in [0.5, 0.6) is 0 Å². The zero-order chi connectivity index (χ0) is 10.8. The number of nitrogens with zero attached hydrogens (tertiary/aromatic N) is 3. The normalized spacial score (nSPS) is 21.6. The van der Waals surface area contributed by atoms with Crippen molar-refractivity contribution in [1.29, 1.82) is 0 Å². The molecule has 0 aliphatic carbocycles. The number of hydrazine groups is 3. The minimum atomic E-state index is 0.570. The van der Waals surface area contributed by atoms with Crippen molar-refractivity contribution in [3.05, 3.63) is 29.3 Å². The molecule has 0 saturated carbocycles. The molecule has 3 N–H and O–H groups in total. The van der Waals surface area contributed by atoms with Crippen molar-refractivity contribution in [1.82, 2.24) is 15.6 Å². The lowest BCUT2D eigenvalue weighted by atomic mass is 10.2. The Balaban J connectivity index is 2.17. The van der Waals surface area contributed by atoms with Crippen LogP contribution in [0.2, 0.25) is 0 Å². The number of hydrogen-bond donors (Lipinski definition) is 2. The van der Waals surface area contributed by atoms with E-state index in [0.717, 1.165) is 30.6 Å². The van der Waals surface area contributed by atoms with Crippen molar-refractivity contribution in [2.45, 2.75) is 13.3 Å². The summed E-state index contributed by atoms with van der Waals surface area (Å²) in [6.07, 6.45) is 7.07. The van der Waals surface area contributed by atoms with Gasteiger partial charge in [-0.15, -0.1) is 0 Å². The van der Waals surface area contributed by atoms with Gasteiger partial charge in [0.05, 0.1) is 6.08 Å². The lowest BCUT2D eigenvalue weighted by Gasteiger charge is -2.32. The minimum absolute atomic E-state index is 0.570. The monoisotopic (exact) mass is 209 g/mol. The predicted molar refractivity (Wildman–Crippen MR) is 56.9 cm³/mol. The molecule has 82 valence electrons. The van der Waals surface area contributed by atoms with Gasteiger partial charge in [0.25, 0.3) is 0 Å². The lowest BCUT2D eigenvalue weighted by molar-refractivity contribution is -0.656. The maximum Gasteiger partial charge on any atom is 0.223 e. The number of nitrogens with two attached hydrogens (primary N) is 1. The first-order valence-electron chi connectivity index (χ1n) is 4.92. The van der Waals surface area contributed by atoms with Gasteiger partial charge >= 0.3 is 0 Å². The molecule has 0 aromatic carbocycles. The summed E-state index contributed by atoms with van der Waals surface area (Å²) in [6.45, 7) is 3.52. The highest BCUT2D eigenvalue weighted by atomic mass is 16.5. The Labute approximate surface area is 88.4 Å². The molecule has 0 radical (unpaired) electrons. The third-order valence-electron chi connectivity index (χ3n) is 2.47. The quantitative estimate of drug-likeness (QED) is 0.268. The second-order valence-electron chi connectivity index (χ2n) is 3.61. The SMILES string of the molecule is CC1=[N+]([O-])N(N)NC(N2CC=CCC2)=C1. The first-order valence-corrected chi connectivity index (χ1v) is 4.92. The Morgan fingerprint density at radius 2 is 2.33 bits per heavy atom. The van der Waals surface area contributed by atoms with Crippen molar-refractivity contribution in [2.24, 2.45) is 5.84 Å². The molecule has 0 aromatic rings. The van der Waals surface area contributed by atoms with Crippen LogP contribution in [0.15, 0.2) is 24.0 Å². The minimum Gasteiger partial charge on any atom is -0.593 e. The van der Waals surface area contributed by atoms with E-state index in [1.165, 1.54) is 0 Å². The van der Waals surface area contributed by atoms with Crippen LogP contribution in [0.1, 0.15) is 13.3 Å². The number of hydrogen-bond acceptors (Lipinski definition) is 5. The van der Waals surface area contributed by atoms with E-state index in [1.54, 1.807) is 13.0 Å². The van der Waals surface area contributed by atoms with Crippen LogP contribution in [0, 0.1) is 5.21 Å². The lowest BCUT2D eigenvalue weighted by Crippen LogP contribution is -2.55. The number of allylic oxidation sites excluding steroid dienone is 1. The summed E-state index contributed by atoms with van der Waals surface area (Å²) in [4.78, 5) is 2.75. The molecule has 6 nitrogen and oxygen atoms in total. The summed E-state index contributed by atoms with van der Waals surface area (Å²) in [5.41, 5.74) is 3.39. The molecular formula is C9H15N5O. The van der Waals surface area contributed by atoms with Crippen LogP contribution >= 0.6 is 0 Å².